The summed E-state index contributed by atoms with van der Waals surface area (Å²) in [4.78, 5) is 2.30. The summed E-state index contributed by atoms with van der Waals surface area (Å²) >= 11 is 6.02. The molecule has 2 heterocycles. The molecular formula is C14H18ClN3O2. The third kappa shape index (κ3) is 2.21. The number of fused-ring (bicyclic) bond motifs is 2. The minimum Gasteiger partial charge on any atom is -0.409 e. The number of halogens is 1. The predicted octanol–water partition coefficient (Wildman–Crippen LogP) is 1.93. The molecule has 2 atom stereocenters. The van der Waals surface area contributed by atoms with Gasteiger partial charge in [-0.15, -0.1) is 0 Å². The van der Waals surface area contributed by atoms with Gasteiger partial charge in [0.25, 0.3) is 0 Å². The van der Waals surface area contributed by atoms with Crippen LogP contribution in [0.3, 0.4) is 0 Å². The molecule has 0 radical (unpaired) electrons. The number of anilines is 1. The Bertz CT molecular complexity index is 535. The fourth-order valence-electron chi connectivity index (χ4n) is 3.53. The van der Waals surface area contributed by atoms with E-state index in [-0.39, 0.29) is 11.9 Å². The number of nitrogens with two attached hydrogens (primary N) is 1. The van der Waals surface area contributed by atoms with E-state index in [2.05, 4.69) is 10.1 Å². The highest BCUT2D eigenvalue weighted by Crippen LogP contribution is 2.41. The van der Waals surface area contributed by atoms with Crippen molar-refractivity contribution in [1.29, 1.82) is 0 Å². The number of aliphatic hydroxyl groups excluding tert-OH is 1. The number of aliphatic hydroxyl groups is 1. The fourth-order valence-corrected chi connectivity index (χ4v) is 3.71. The molecule has 0 saturated carbocycles. The summed E-state index contributed by atoms with van der Waals surface area (Å²) in [6.45, 7) is 0. The maximum atomic E-state index is 9.89. The first kappa shape index (κ1) is 13.5. The van der Waals surface area contributed by atoms with Crippen LogP contribution in [0.15, 0.2) is 23.4 Å². The molecular weight excluding hydrogens is 278 g/mol. The molecule has 2 unspecified atom stereocenters. The number of piperidine rings is 1. The van der Waals surface area contributed by atoms with Crippen molar-refractivity contribution in [3.8, 4) is 0 Å². The van der Waals surface area contributed by atoms with E-state index >= 15 is 0 Å². The zero-order chi connectivity index (χ0) is 14.3. The average Bonchev–Trinajstić information content (AvgIpc) is 2.70. The molecule has 4 N–H and O–H groups in total. The Kier molecular flexibility index (Phi) is 3.48. The number of oxime groups is 1. The highest BCUT2D eigenvalue weighted by Gasteiger charge is 2.41. The number of rotatable bonds is 2. The number of nitrogens with zero attached hydrogens (tertiary/aromatic N) is 2. The lowest BCUT2D eigenvalue weighted by molar-refractivity contribution is 0.126. The molecule has 2 saturated heterocycles. The molecule has 0 spiro atoms. The summed E-state index contributed by atoms with van der Waals surface area (Å²) in [6.07, 6.45) is 3.46. The summed E-state index contributed by atoms with van der Waals surface area (Å²) in [7, 11) is 0. The lowest BCUT2D eigenvalue weighted by atomic mass is 9.97. The second-order valence-electron chi connectivity index (χ2n) is 5.56. The van der Waals surface area contributed by atoms with Gasteiger partial charge in [0.05, 0.1) is 6.10 Å². The first-order valence-corrected chi connectivity index (χ1v) is 7.21. The Hall–Kier alpha value is -1.46. The van der Waals surface area contributed by atoms with Crippen LogP contribution in [0.2, 0.25) is 5.02 Å². The topological polar surface area (TPSA) is 82.1 Å². The summed E-state index contributed by atoms with van der Waals surface area (Å²) in [5.74, 6) is 0.0630. The van der Waals surface area contributed by atoms with Crippen molar-refractivity contribution in [2.75, 3.05) is 4.90 Å². The van der Waals surface area contributed by atoms with Gasteiger partial charge in [-0.25, -0.2) is 0 Å². The van der Waals surface area contributed by atoms with Gasteiger partial charge < -0.3 is 20.9 Å². The molecule has 1 aromatic rings. The smallest absolute Gasteiger partial charge is 0.172 e. The van der Waals surface area contributed by atoms with Crippen LogP contribution in [-0.4, -0.2) is 34.3 Å². The SMILES string of the molecule is NC(=NO)c1cc(Cl)ccc1N1C2CCC1CC(O)C2. The van der Waals surface area contributed by atoms with E-state index in [1.54, 1.807) is 6.07 Å². The van der Waals surface area contributed by atoms with Crippen LogP contribution in [0, 0.1) is 0 Å². The van der Waals surface area contributed by atoms with Gasteiger partial charge in [-0.05, 0) is 43.9 Å². The molecule has 3 rings (SSSR count). The molecule has 2 aliphatic rings. The monoisotopic (exact) mass is 295 g/mol. The largest absolute Gasteiger partial charge is 0.409 e. The van der Waals surface area contributed by atoms with Gasteiger partial charge >= 0.3 is 0 Å². The maximum Gasteiger partial charge on any atom is 0.172 e. The Morgan fingerprint density at radius 2 is 1.95 bits per heavy atom. The van der Waals surface area contributed by atoms with Gasteiger partial charge in [-0.2, -0.15) is 0 Å². The van der Waals surface area contributed by atoms with Gasteiger partial charge in [0, 0.05) is 28.4 Å². The lowest BCUT2D eigenvalue weighted by Crippen LogP contribution is -2.45. The molecule has 2 bridgehead atoms. The molecule has 2 aliphatic heterocycles. The maximum absolute atomic E-state index is 9.89. The van der Waals surface area contributed by atoms with Crippen LogP contribution in [0.25, 0.3) is 0 Å². The zero-order valence-electron chi connectivity index (χ0n) is 11.0. The normalized spacial score (nSPS) is 29.8. The number of amidine groups is 1. The Labute approximate surface area is 122 Å². The van der Waals surface area contributed by atoms with Crippen molar-refractivity contribution >= 4 is 23.1 Å². The average molecular weight is 296 g/mol. The highest BCUT2D eigenvalue weighted by molar-refractivity contribution is 6.31. The summed E-state index contributed by atoms with van der Waals surface area (Å²) < 4.78 is 0. The number of hydrogen-bond donors (Lipinski definition) is 3. The molecule has 108 valence electrons. The molecule has 0 aliphatic carbocycles. The van der Waals surface area contributed by atoms with Crippen LogP contribution < -0.4 is 10.6 Å². The van der Waals surface area contributed by atoms with Crippen LogP contribution in [0.1, 0.15) is 31.2 Å². The first-order valence-electron chi connectivity index (χ1n) is 6.84. The predicted molar refractivity (Wildman–Crippen MR) is 78.5 cm³/mol. The first-order chi connectivity index (χ1) is 9.60. The third-order valence-electron chi connectivity index (χ3n) is 4.33. The van der Waals surface area contributed by atoms with Crippen molar-refractivity contribution < 1.29 is 10.3 Å². The van der Waals surface area contributed by atoms with Crippen LogP contribution in [0.4, 0.5) is 5.69 Å². The number of hydrogen-bond acceptors (Lipinski definition) is 4. The van der Waals surface area contributed by atoms with E-state index in [1.165, 1.54) is 0 Å². The van der Waals surface area contributed by atoms with E-state index in [9.17, 15) is 5.11 Å². The highest BCUT2D eigenvalue weighted by atomic mass is 35.5. The van der Waals surface area contributed by atoms with Gasteiger partial charge in [0.1, 0.15) is 0 Å². The molecule has 0 amide bonds. The zero-order valence-corrected chi connectivity index (χ0v) is 11.8. The second kappa shape index (κ2) is 5.14. The standard InChI is InChI=1S/C14H18ClN3O2/c15-8-1-4-13(12(5-8)14(16)17-20)18-9-2-3-10(18)7-11(19)6-9/h1,4-5,9-11,19-20H,2-3,6-7H2,(H2,16,17). The minimum absolute atomic E-state index is 0.0630. The molecule has 6 heteroatoms. The number of benzene rings is 1. The third-order valence-corrected chi connectivity index (χ3v) is 4.56. The summed E-state index contributed by atoms with van der Waals surface area (Å²) in [5, 5.41) is 22.5. The lowest BCUT2D eigenvalue weighted by Gasteiger charge is -2.39. The van der Waals surface area contributed by atoms with Crippen molar-refractivity contribution in [2.24, 2.45) is 10.9 Å². The summed E-state index contributed by atoms with van der Waals surface area (Å²) in [6, 6.07) is 6.08. The van der Waals surface area contributed by atoms with Crippen LogP contribution in [-0.2, 0) is 0 Å². The van der Waals surface area contributed by atoms with Crippen molar-refractivity contribution in [1.82, 2.24) is 0 Å². The Morgan fingerprint density at radius 1 is 1.30 bits per heavy atom. The molecule has 20 heavy (non-hydrogen) atoms. The second-order valence-corrected chi connectivity index (χ2v) is 6.00. The quantitative estimate of drug-likeness (QED) is 0.337. The van der Waals surface area contributed by atoms with E-state index in [1.807, 2.05) is 12.1 Å². The van der Waals surface area contributed by atoms with Crippen LogP contribution in [0.5, 0.6) is 0 Å². The van der Waals surface area contributed by atoms with E-state index < -0.39 is 0 Å². The van der Waals surface area contributed by atoms with Gasteiger partial charge in [-0.1, -0.05) is 16.8 Å². The van der Waals surface area contributed by atoms with E-state index in [0.717, 1.165) is 31.4 Å². The molecule has 0 aromatic heterocycles. The summed E-state index contributed by atoms with van der Waals surface area (Å²) in [5.41, 5.74) is 7.36. The van der Waals surface area contributed by atoms with E-state index in [0.29, 0.717) is 22.7 Å². The van der Waals surface area contributed by atoms with E-state index in [4.69, 9.17) is 22.5 Å². The fraction of sp³-hybridized carbons (Fsp3) is 0.500. The van der Waals surface area contributed by atoms with Gasteiger partial charge in [0.2, 0.25) is 0 Å². The van der Waals surface area contributed by atoms with Crippen molar-refractivity contribution in [3.63, 3.8) is 0 Å². The van der Waals surface area contributed by atoms with Gasteiger partial charge in [-0.3, -0.25) is 0 Å². The van der Waals surface area contributed by atoms with Crippen LogP contribution >= 0.6 is 11.6 Å². The van der Waals surface area contributed by atoms with Crippen molar-refractivity contribution in [2.45, 2.75) is 43.9 Å². The van der Waals surface area contributed by atoms with Gasteiger partial charge in [0.15, 0.2) is 5.84 Å². The Balaban J connectivity index is 2.03. The minimum atomic E-state index is -0.219. The Morgan fingerprint density at radius 3 is 2.55 bits per heavy atom. The van der Waals surface area contributed by atoms with Crippen molar-refractivity contribution in [3.05, 3.63) is 28.8 Å². The molecule has 1 aromatic carbocycles. The molecule has 5 nitrogen and oxygen atoms in total. The molecule has 2 fully saturated rings.